The van der Waals surface area contributed by atoms with E-state index in [1.165, 1.54) is 0 Å². The fourth-order valence-electron chi connectivity index (χ4n) is 4.03. The van der Waals surface area contributed by atoms with Crippen molar-refractivity contribution in [3.8, 4) is 5.82 Å². The van der Waals surface area contributed by atoms with Crippen LogP contribution < -0.4 is 10.6 Å². The average molecular weight is 463 g/mol. The van der Waals surface area contributed by atoms with Crippen molar-refractivity contribution >= 4 is 22.9 Å². The summed E-state index contributed by atoms with van der Waals surface area (Å²) in [6, 6.07) is 27.1. The van der Waals surface area contributed by atoms with Crippen molar-refractivity contribution < 1.29 is 4.79 Å². The number of carbonyl (C=O) groups is 1. The van der Waals surface area contributed by atoms with Crippen LogP contribution in [0.2, 0.25) is 0 Å². The second-order valence-corrected chi connectivity index (χ2v) is 8.44. The van der Waals surface area contributed by atoms with E-state index in [1.807, 2.05) is 103 Å². The summed E-state index contributed by atoms with van der Waals surface area (Å²) in [4.78, 5) is 26.4. The minimum absolute atomic E-state index is 0.0849. The summed E-state index contributed by atoms with van der Waals surface area (Å²) < 4.78 is 1.94. The lowest BCUT2D eigenvalue weighted by Crippen LogP contribution is -2.26. The number of fused-ring (bicyclic) bond motifs is 1. The normalized spacial score (nSPS) is 12.7. The van der Waals surface area contributed by atoms with E-state index in [0.717, 1.165) is 28.0 Å². The fourth-order valence-corrected chi connectivity index (χ4v) is 4.03. The molecule has 0 radical (unpaired) electrons. The molecule has 0 aliphatic carbocycles. The summed E-state index contributed by atoms with van der Waals surface area (Å²) in [7, 11) is 0. The molecule has 0 spiro atoms. The summed E-state index contributed by atoms with van der Waals surface area (Å²) >= 11 is 0. The van der Waals surface area contributed by atoms with E-state index in [-0.39, 0.29) is 18.0 Å². The number of rotatable bonds is 7. The Kier molecular flexibility index (Phi) is 6.22. The van der Waals surface area contributed by atoms with Crippen LogP contribution in [0.1, 0.15) is 47.4 Å². The molecule has 0 bridgehead atoms. The topological polar surface area (TPSA) is 84.7 Å². The summed E-state index contributed by atoms with van der Waals surface area (Å²) in [6.45, 7) is 4.00. The molecule has 2 heterocycles. The third kappa shape index (κ3) is 4.89. The highest BCUT2D eigenvalue weighted by Crippen LogP contribution is 2.21. The molecule has 2 aromatic heterocycles. The Morgan fingerprint density at radius 2 is 1.60 bits per heavy atom. The molecule has 2 atom stereocenters. The molecule has 1 amide bonds. The molecule has 0 fully saturated rings. The maximum absolute atomic E-state index is 12.9. The monoisotopic (exact) mass is 462 g/mol. The highest BCUT2D eigenvalue weighted by Gasteiger charge is 2.14. The van der Waals surface area contributed by atoms with Crippen molar-refractivity contribution in [3.63, 3.8) is 0 Å². The SMILES string of the molecule is CC(NC(=O)c1cccc(C(C)Nc2nccc(-n3cnc4ccccc43)n2)c1)c1ccccc1. The number of amides is 1. The van der Waals surface area contributed by atoms with Gasteiger partial charge in [-0.05, 0) is 55.3 Å². The van der Waals surface area contributed by atoms with E-state index < -0.39 is 0 Å². The average Bonchev–Trinajstić information content (AvgIpc) is 3.34. The lowest BCUT2D eigenvalue weighted by molar-refractivity contribution is 0.0940. The minimum atomic E-state index is -0.111. The summed E-state index contributed by atoms with van der Waals surface area (Å²) in [5, 5.41) is 6.43. The molecular formula is C28H26N6O. The number of aromatic nitrogens is 4. The van der Waals surface area contributed by atoms with Gasteiger partial charge in [-0.1, -0.05) is 54.6 Å². The number of hydrogen-bond acceptors (Lipinski definition) is 5. The maximum atomic E-state index is 12.9. The number of carbonyl (C=O) groups excluding carboxylic acids is 1. The fraction of sp³-hybridized carbons (Fsp3) is 0.143. The number of hydrogen-bond donors (Lipinski definition) is 2. The second kappa shape index (κ2) is 9.77. The van der Waals surface area contributed by atoms with Crippen molar-refractivity contribution in [2.24, 2.45) is 0 Å². The number of anilines is 1. The molecule has 0 saturated carbocycles. The van der Waals surface area contributed by atoms with Crippen LogP contribution in [-0.2, 0) is 0 Å². The first-order valence-corrected chi connectivity index (χ1v) is 11.6. The zero-order valence-electron chi connectivity index (χ0n) is 19.6. The quantitative estimate of drug-likeness (QED) is 0.335. The van der Waals surface area contributed by atoms with Crippen molar-refractivity contribution in [2.75, 3.05) is 5.32 Å². The largest absolute Gasteiger partial charge is 0.348 e. The highest BCUT2D eigenvalue weighted by molar-refractivity contribution is 5.94. The molecule has 3 aromatic carbocycles. The van der Waals surface area contributed by atoms with Gasteiger partial charge in [-0.2, -0.15) is 4.98 Å². The van der Waals surface area contributed by atoms with Crippen LogP contribution in [0.25, 0.3) is 16.9 Å². The number of benzene rings is 3. The Morgan fingerprint density at radius 3 is 2.46 bits per heavy atom. The van der Waals surface area contributed by atoms with Gasteiger partial charge in [0, 0.05) is 11.8 Å². The number of para-hydroxylation sites is 2. The number of imidazole rings is 1. The molecule has 7 heteroatoms. The molecule has 2 N–H and O–H groups in total. The number of nitrogens with zero attached hydrogens (tertiary/aromatic N) is 4. The Balaban J connectivity index is 1.31. The van der Waals surface area contributed by atoms with E-state index in [0.29, 0.717) is 11.5 Å². The zero-order valence-corrected chi connectivity index (χ0v) is 19.6. The van der Waals surface area contributed by atoms with E-state index in [4.69, 9.17) is 0 Å². The van der Waals surface area contributed by atoms with Crippen LogP contribution in [0.3, 0.4) is 0 Å². The van der Waals surface area contributed by atoms with Gasteiger partial charge in [-0.3, -0.25) is 9.36 Å². The predicted molar refractivity (Wildman–Crippen MR) is 137 cm³/mol. The Hall–Kier alpha value is -4.52. The lowest BCUT2D eigenvalue weighted by atomic mass is 10.0. The van der Waals surface area contributed by atoms with E-state index in [1.54, 1.807) is 12.5 Å². The second-order valence-electron chi connectivity index (χ2n) is 8.44. The van der Waals surface area contributed by atoms with Crippen LogP contribution >= 0.6 is 0 Å². The van der Waals surface area contributed by atoms with Gasteiger partial charge in [-0.25, -0.2) is 9.97 Å². The van der Waals surface area contributed by atoms with E-state index >= 15 is 0 Å². The predicted octanol–water partition coefficient (Wildman–Crippen LogP) is 5.48. The third-order valence-electron chi connectivity index (χ3n) is 5.98. The maximum Gasteiger partial charge on any atom is 0.251 e. The van der Waals surface area contributed by atoms with Gasteiger partial charge in [0.15, 0.2) is 0 Å². The van der Waals surface area contributed by atoms with Crippen molar-refractivity contribution in [2.45, 2.75) is 25.9 Å². The van der Waals surface area contributed by atoms with Crippen LogP contribution in [0, 0.1) is 0 Å². The number of nitrogens with one attached hydrogen (secondary N) is 2. The van der Waals surface area contributed by atoms with Gasteiger partial charge in [0.2, 0.25) is 5.95 Å². The molecule has 0 aliphatic rings. The molecule has 5 aromatic rings. The zero-order chi connectivity index (χ0) is 24.2. The molecule has 174 valence electrons. The smallest absolute Gasteiger partial charge is 0.251 e. The van der Waals surface area contributed by atoms with Gasteiger partial charge in [0.1, 0.15) is 12.1 Å². The van der Waals surface area contributed by atoms with E-state index in [2.05, 4.69) is 25.6 Å². The first-order valence-electron chi connectivity index (χ1n) is 11.6. The first kappa shape index (κ1) is 22.3. The van der Waals surface area contributed by atoms with Crippen molar-refractivity contribution in [3.05, 3.63) is 114 Å². The van der Waals surface area contributed by atoms with Gasteiger partial charge in [0.05, 0.1) is 23.1 Å². The van der Waals surface area contributed by atoms with Crippen LogP contribution in [-0.4, -0.2) is 25.4 Å². The van der Waals surface area contributed by atoms with Gasteiger partial charge < -0.3 is 10.6 Å². The third-order valence-corrected chi connectivity index (χ3v) is 5.98. The van der Waals surface area contributed by atoms with Gasteiger partial charge in [0.25, 0.3) is 5.91 Å². The first-order chi connectivity index (χ1) is 17.1. The molecule has 35 heavy (non-hydrogen) atoms. The standard InChI is InChI=1S/C28H26N6O/c1-19(21-9-4-3-5-10-21)31-27(35)23-12-8-11-22(17-23)20(2)32-28-29-16-15-26(33-28)34-18-30-24-13-6-7-14-25(24)34/h3-20H,1-2H3,(H,31,35)(H,29,32,33). The van der Waals surface area contributed by atoms with Crippen LogP contribution in [0.5, 0.6) is 0 Å². The summed E-state index contributed by atoms with van der Waals surface area (Å²) in [5.41, 5.74) is 4.53. The lowest BCUT2D eigenvalue weighted by Gasteiger charge is -2.17. The highest BCUT2D eigenvalue weighted by atomic mass is 16.1. The molecule has 5 rings (SSSR count). The minimum Gasteiger partial charge on any atom is -0.348 e. The van der Waals surface area contributed by atoms with Gasteiger partial charge >= 0.3 is 0 Å². The Bertz CT molecular complexity index is 1460. The molecular weight excluding hydrogens is 436 g/mol. The summed E-state index contributed by atoms with van der Waals surface area (Å²) in [6.07, 6.45) is 3.49. The van der Waals surface area contributed by atoms with Crippen molar-refractivity contribution in [1.29, 1.82) is 0 Å². The molecule has 7 nitrogen and oxygen atoms in total. The van der Waals surface area contributed by atoms with E-state index in [9.17, 15) is 4.79 Å². The Labute approximate surface area is 203 Å². The molecule has 0 aliphatic heterocycles. The molecule has 0 saturated heterocycles. The van der Waals surface area contributed by atoms with Crippen molar-refractivity contribution in [1.82, 2.24) is 24.8 Å². The van der Waals surface area contributed by atoms with Crippen LogP contribution in [0.15, 0.2) is 97.5 Å². The van der Waals surface area contributed by atoms with Gasteiger partial charge in [-0.15, -0.1) is 0 Å². The summed E-state index contributed by atoms with van der Waals surface area (Å²) in [5.74, 6) is 1.12. The molecule has 2 unspecified atom stereocenters. The van der Waals surface area contributed by atoms with Crippen LogP contribution in [0.4, 0.5) is 5.95 Å². The Morgan fingerprint density at radius 1 is 0.829 bits per heavy atom.